The molecule has 1 aromatic heterocycles. The molecule has 0 saturated heterocycles. The Bertz CT molecular complexity index is 672. The largest absolute Gasteiger partial charge is 0.381 e. The van der Waals surface area contributed by atoms with Gasteiger partial charge in [-0.15, -0.1) is 0 Å². The minimum atomic E-state index is -0.338. The van der Waals surface area contributed by atoms with Gasteiger partial charge in [-0.3, -0.25) is 15.1 Å². The topological polar surface area (TPSA) is 68.1 Å². The zero-order valence-corrected chi connectivity index (χ0v) is 12.1. The summed E-state index contributed by atoms with van der Waals surface area (Å²) in [5.74, 6) is 0.626. The molecule has 5 heteroatoms. The van der Waals surface area contributed by atoms with Crippen molar-refractivity contribution in [2.75, 3.05) is 5.32 Å². The lowest BCUT2D eigenvalue weighted by molar-refractivity contribution is -0.383. The monoisotopic (exact) mass is 285 g/mol. The number of rotatable bonds is 3. The fourth-order valence-electron chi connectivity index (χ4n) is 3.19. The number of benzene rings is 1. The number of pyridine rings is 1. The van der Waals surface area contributed by atoms with E-state index >= 15 is 0 Å². The molecule has 2 aromatic rings. The van der Waals surface area contributed by atoms with Crippen LogP contribution in [0, 0.1) is 16.0 Å². The average Bonchev–Trinajstić information content (AvgIpc) is 2.49. The van der Waals surface area contributed by atoms with Gasteiger partial charge in [0, 0.05) is 35.6 Å². The fraction of sp³-hybridized carbons (Fsp3) is 0.438. The van der Waals surface area contributed by atoms with Gasteiger partial charge in [-0.05, 0) is 30.9 Å². The summed E-state index contributed by atoms with van der Waals surface area (Å²) in [6.45, 7) is 2.27. The van der Waals surface area contributed by atoms with Gasteiger partial charge in [-0.2, -0.15) is 0 Å². The molecule has 0 amide bonds. The lowest BCUT2D eigenvalue weighted by atomic mass is 9.85. The first-order chi connectivity index (χ1) is 10.2. The third kappa shape index (κ3) is 2.68. The molecule has 3 rings (SSSR count). The molecule has 0 aliphatic heterocycles. The summed E-state index contributed by atoms with van der Waals surface area (Å²) < 4.78 is 0. The molecule has 1 fully saturated rings. The molecule has 1 heterocycles. The predicted molar refractivity (Wildman–Crippen MR) is 83.4 cm³/mol. The number of nitro benzene ring substituents is 1. The van der Waals surface area contributed by atoms with Crippen LogP contribution in [0.25, 0.3) is 10.8 Å². The van der Waals surface area contributed by atoms with Crippen LogP contribution >= 0.6 is 0 Å². The van der Waals surface area contributed by atoms with Crippen LogP contribution in [0.1, 0.15) is 32.6 Å². The second-order valence-corrected chi connectivity index (χ2v) is 5.82. The average molecular weight is 285 g/mol. The maximum absolute atomic E-state index is 11.1. The first-order valence-electron chi connectivity index (χ1n) is 7.44. The summed E-state index contributed by atoms with van der Waals surface area (Å²) in [5, 5.41) is 16.2. The zero-order valence-electron chi connectivity index (χ0n) is 12.1. The van der Waals surface area contributed by atoms with Gasteiger partial charge in [0.15, 0.2) is 0 Å². The number of hydrogen-bond acceptors (Lipinski definition) is 4. The molecule has 1 N–H and O–H groups in total. The Labute approximate surface area is 123 Å². The van der Waals surface area contributed by atoms with Gasteiger partial charge in [0.2, 0.25) is 0 Å². The van der Waals surface area contributed by atoms with E-state index in [-0.39, 0.29) is 10.6 Å². The van der Waals surface area contributed by atoms with Gasteiger partial charge < -0.3 is 5.32 Å². The number of aromatic nitrogens is 1. The van der Waals surface area contributed by atoms with Crippen LogP contribution in [-0.4, -0.2) is 15.9 Å². The Balaban J connectivity index is 1.99. The van der Waals surface area contributed by atoms with Gasteiger partial charge in [-0.1, -0.05) is 19.8 Å². The van der Waals surface area contributed by atoms with Crippen LogP contribution < -0.4 is 5.32 Å². The Morgan fingerprint density at radius 1 is 1.24 bits per heavy atom. The Hall–Kier alpha value is -2.17. The fourth-order valence-corrected chi connectivity index (χ4v) is 3.19. The maximum Gasteiger partial charge on any atom is 0.277 e. The number of hydrogen-bond donors (Lipinski definition) is 1. The summed E-state index contributed by atoms with van der Waals surface area (Å²) in [6, 6.07) is 5.54. The normalized spacial score (nSPS) is 22.1. The highest BCUT2D eigenvalue weighted by Gasteiger charge is 2.22. The van der Waals surface area contributed by atoms with Crippen molar-refractivity contribution in [3.63, 3.8) is 0 Å². The highest BCUT2D eigenvalue weighted by Crippen LogP contribution is 2.33. The highest BCUT2D eigenvalue weighted by atomic mass is 16.6. The molecule has 0 spiro atoms. The van der Waals surface area contributed by atoms with Crippen molar-refractivity contribution in [3.8, 4) is 0 Å². The summed E-state index contributed by atoms with van der Waals surface area (Å²) in [4.78, 5) is 14.9. The molecule has 110 valence electrons. The second-order valence-electron chi connectivity index (χ2n) is 5.82. The van der Waals surface area contributed by atoms with E-state index in [1.54, 1.807) is 24.5 Å². The van der Waals surface area contributed by atoms with Crippen LogP contribution in [0.3, 0.4) is 0 Å². The van der Waals surface area contributed by atoms with Crippen LogP contribution in [0.2, 0.25) is 0 Å². The lowest BCUT2D eigenvalue weighted by Gasteiger charge is -2.30. The van der Waals surface area contributed by atoms with E-state index in [4.69, 9.17) is 0 Å². The quantitative estimate of drug-likeness (QED) is 0.680. The van der Waals surface area contributed by atoms with E-state index in [0.29, 0.717) is 17.3 Å². The maximum atomic E-state index is 11.1. The molecule has 1 saturated carbocycles. The SMILES string of the molecule is CC1CCCCC1Nc1ccc([N+](=O)[O-])c2ccncc12. The Morgan fingerprint density at radius 3 is 2.81 bits per heavy atom. The molecular weight excluding hydrogens is 266 g/mol. The molecule has 1 aromatic carbocycles. The van der Waals surface area contributed by atoms with Crippen LogP contribution in [-0.2, 0) is 0 Å². The standard InChI is InChI=1S/C16H19N3O2/c1-11-4-2-3-5-14(11)18-15-6-7-16(19(20)21)12-8-9-17-10-13(12)15/h6-11,14,18H,2-5H2,1H3. The van der Waals surface area contributed by atoms with Gasteiger partial charge in [0.1, 0.15) is 0 Å². The minimum Gasteiger partial charge on any atom is -0.381 e. The number of nitro groups is 1. The first-order valence-corrected chi connectivity index (χ1v) is 7.44. The van der Waals surface area contributed by atoms with Crippen molar-refractivity contribution in [2.24, 2.45) is 5.92 Å². The van der Waals surface area contributed by atoms with Crippen LogP contribution in [0.15, 0.2) is 30.6 Å². The first kappa shape index (κ1) is 13.8. The molecule has 5 nitrogen and oxygen atoms in total. The van der Waals surface area contributed by atoms with E-state index in [2.05, 4.69) is 17.2 Å². The number of nitrogens with zero attached hydrogens (tertiary/aromatic N) is 2. The van der Waals surface area contributed by atoms with Crippen molar-refractivity contribution >= 4 is 22.1 Å². The molecular formula is C16H19N3O2. The van der Waals surface area contributed by atoms with E-state index in [1.165, 1.54) is 19.3 Å². The summed E-state index contributed by atoms with van der Waals surface area (Å²) >= 11 is 0. The molecule has 2 atom stereocenters. The van der Waals surface area contributed by atoms with E-state index < -0.39 is 0 Å². The summed E-state index contributed by atoms with van der Waals surface area (Å²) in [5.41, 5.74) is 1.08. The van der Waals surface area contributed by atoms with Crippen LogP contribution in [0.4, 0.5) is 11.4 Å². The van der Waals surface area contributed by atoms with Gasteiger partial charge in [-0.25, -0.2) is 0 Å². The number of nitrogens with one attached hydrogen (secondary N) is 1. The Kier molecular flexibility index (Phi) is 3.73. The predicted octanol–water partition coefficient (Wildman–Crippen LogP) is 4.13. The molecule has 1 aliphatic carbocycles. The summed E-state index contributed by atoms with van der Waals surface area (Å²) in [7, 11) is 0. The van der Waals surface area contributed by atoms with Gasteiger partial charge in [0.25, 0.3) is 5.69 Å². The van der Waals surface area contributed by atoms with Crippen molar-refractivity contribution in [3.05, 3.63) is 40.7 Å². The van der Waals surface area contributed by atoms with Gasteiger partial charge in [0.05, 0.1) is 10.3 Å². The molecule has 0 bridgehead atoms. The lowest BCUT2D eigenvalue weighted by Crippen LogP contribution is -2.30. The second kappa shape index (κ2) is 5.68. The molecule has 2 unspecified atom stereocenters. The molecule has 21 heavy (non-hydrogen) atoms. The minimum absolute atomic E-state index is 0.134. The smallest absolute Gasteiger partial charge is 0.277 e. The van der Waals surface area contributed by atoms with E-state index in [1.807, 2.05) is 6.07 Å². The molecule has 1 aliphatic rings. The number of anilines is 1. The van der Waals surface area contributed by atoms with E-state index in [9.17, 15) is 10.1 Å². The Morgan fingerprint density at radius 2 is 2.05 bits per heavy atom. The van der Waals surface area contributed by atoms with Crippen molar-refractivity contribution in [2.45, 2.75) is 38.6 Å². The zero-order chi connectivity index (χ0) is 14.8. The number of non-ortho nitro benzene ring substituents is 1. The van der Waals surface area contributed by atoms with E-state index in [0.717, 1.165) is 17.5 Å². The number of fused-ring (bicyclic) bond motifs is 1. The van der Waals surface area contributed by atoms with Crippen LogP contribution in [0.5, 0.6) is 0 Å². The van der Waals surface area contributed by atoms with Gasteiger partial charge >= 0.3 is 0 Å². The third-order valence-electron chi connectivity index (χ3n) is 4.44. The van der Waals surface area contributed by atoms with Crippen molar-refractivity contribution in [1.82, 2.24) is 4.98 Å². The highest BCUT2D eigenvalue weighted by molar-refractivity contribution is 5.99. The van der Waals surface area contributed by atoms with Crippen molar-refractivity contribution < 1.29 is 4.92 Å². The third-order valence-corrected chi connectivity index (χ3v) is 4.44. The summed E-state index contributed by atoms with van der Waals surface area (Å²) in [6.07, 6.45) is 8.23. The molecule has 0 radical (unpaired) electrons. The van der Waals surface area contributed by atoms with Crippen molar-refractivity contribution in [1.29, 1.82) is 0 Å².